The lowest BCUT2D eigenvalue weighted by Crippen LogP contribution is -2.29. The Labute approximate surface area is 142 Å². The quantitative estimate of drug-likeness (QED) is 0.912. The second kappa shape index (κ2) is 7.13. The Morgan fingerprint density at radius 3 is 2.54 bits per heavy atom. The maximum atomic E-state index is 6.16. The molecule has 1 aromatic carbocycles. The van der Waals surface area contributed by atoms with Crippen LogP contribution in [-0.4, -0.2) is 36.9 Å². The molecular weight excluding hydrogens is 306 g/mol. The summed E-state index contributed by atoms with van der Waals surface area (Å²) in [5.74, 6) is 2.71. The van der Waals surface area contributed by atoms with Crippen LogP contribution < -0.4 is 19.9 Å². The van der Waals surface area contributed by atoms with Gasteiger partial charge in [0, 0.05) is 24.5 Å². The lowest BCUT2D eigenvalue weighted by molar-refractivity contribution is 0.318. The van der Waals surface area contributed by atoms with Gasteiger partial charge in [-0.1, -0.05) is 0 Å². The van der Waals surface area contributed by atoms with Crippen molar-refractivity contribution >= 4 is 0 Å². The van der Waals surface area contributed by atoms with E-state index in [2.05, 4.69) is 9.55 Å². The zero-order valence-electron chi connectivity index (χ0n) is 14.5. The highest BCUT2D eigenvalue weighted by Crippen LogP contribution is 2.44. The third kappa shape index (κ3) is 2.94. The number of hydrogen-bond donors (Lipinski definition) is 1. The van der Waals surface area contributed by atoms with Gasteiger partial charge in [-0.25, -0.2) is 4.98 Å². The topological polar surface area (TPSA) is 71.5 Å². The minimum Gasteiger partial charge on any atom is -0.493 e. The van der Waals surface area contributed by atoms with Crippen LogP contribution in [0.15, 0.2) is 24.5 Å². The predicted molar refractivity (Wildman–Crippen MR) is 92.8 cm³/mol. The zero-order valence-corrected chi connectivity index (χ0v) is 14.5. The second-order valence-corrected chi connectivity index (χ2v) is 6.12. The van der Waals surface area contributed by atoms with E-state index in [9.17, 15) is 0 Å². The molecule has 1 saturated carbocycles. The molecule has 1 fully saturated rings. The number of imidazole rings is 1. The van der Waals surface area contributed by atoms with Gasteiger partial charge >= 0.3 is 0 Å². The maximum Gasteiger partial charge on any atom is 0.204 e. The number of ether oxygens (including phenoxy) is 3. The number of hydrogen-bond acceptors (Lipinski definition) is 5. The Balaban J connectivity index is 2.06. The molecule has 130 valence electrons. The van der Waals surface area contributed by atoms with Crippen LogP contribution in [0, 0.1) is 0 Å². The Kier molecular flexibility index (Phi) is 4.94. The van der Waals surface area contributed by atoms with Gasteiger partial charge in [0.1, 0.15) is 5.82 Å². The summed E-state index contributed by atoms with van der Waals surface area (Å²) in [6.45, 7) is 0. The van der Waals surface area contributed by atoms with Gasteiger partial charge in [0.2, 0.25) is 5.75 Å². The van der Waals surface area contributed by atoms with E-state index in [0.717, 1.165) is 37.1 Å². The fourth-order valence-electron chi connectivity index (χ4n) is 3.55. The molecule has 6 nitrogen and oxygen atoms in total. The average molecular weight is 331 g/mol. The Morgan fingerprint density at radius 1 is 1.08 bits per heavy atom. The first-order chi connectivity index (χ1) is 11.7. The van der Waals surface area contributed by atoms with Crippen LogP contribution in [0.4, 0.5) is 0 Å². The van der Waals surface area contributed by atoms with Gasteiger partial charge in [0.25, 0.3) is 0 Å². The van der Waals surface area contributed by atoms with Crippen molar-refractivity contribution in [3.63, 3.8) is 0 Å². The smallest absolute Gasteiger partial charge is 0.204 e. The summed E-state index contributed by atoms with van der Waals surface area (Å²) in [6, 6.07) is 4.46. The van der Waals surface area contributed by atoms with E-state index in [1.807, 2.05) is 24.5 Å². The summed E-state index contributed by atoms with van der Waals surface area (Å²) in [4.78, 5) is 4.57. The average Bonchev–Trinajstić information content (AvgIpc) is 3.09. The van der Waals surface area contributed by atoms with Gasteiger partial charge in [0.15, 0.2) is 11.5 Å². The third-order valence-electron chi connectivity index (χ3n) is 4.69. The molecule has 0 radical (unpaired) electrons. The number of nitrogens with zero attached hydrogens (tertiary/aromatic N) is 2. The van der Waals surface area contributed by atoms with E-state index in [0.29, 0.717) is 23.3 Å². The molecule has 2 atom stereocenters. The summed E-state index contributed by atoms with van der Waals surface area (Å²) in [5, 5.41) is 0. The molecular formula is C18H25N3O3. The lowest BCUT2D eigenvalue weighted by Gasteiger charge is -2.29. The van der Waals surface area contributed by atoms with E-state index in [-0.39, 0.29) is 6.04 Å². The van der Waals surface area contributed by atoms with Crippen LogP contribution >= 0.6 is 0 Å². The van der Waals surface area contributed by atoms with Crippen LogP contribution in [0.5, 0.6) is 17.2 Å². The van der Waals surface area contributed by atoms with Crippen molar-refractivity contribution in [2.75, 3.05) is 21.3 Å². The highest BCUT2D eigenvalue weighted by molar-refractivity contribution is 5.72. The van der Waals surface area contributed by atoms with E-state index in [4.69, 9.17) is 19.9 Å². The zero-order chi connectivity index (χ0) is 17.1. The number of methoxy groups -OCH3 is 3. The minimum atomic E-state index is 0.256. The van der Waals surface area contributed by atoms with Crippen molar-refractivity contribution in [3.05, 3.63) is 24.5 Å². The number of benzene rings is 1. The Hall–Kier alpha value is -2.21. The Morgan fingerprint density at radius 2 is 1.88 bits per heavy atom. The largest absolute Gasteiger partial charge is 0.493 e. The number of rotatable bonds is 5. The van der Waals surface area contributed by atoms with Crippen molar-refractivity contribution in [1.82, 2.24) is 9.55 Å². The lowest BCUT2D eigenvalue weighted by atomic mass is 9.91. The van der Waals surface area contributed by atoms with Gasteiger partial charge in [0.05, 0.1) is 26.9 Å². The fraction of sp³-hybridized carbons (Fsp3) is 0.500. The van der Waals surface area contributed by atoms with Crippen LogP contribution in [0.1, 0.15) is 31.7 Å². The fourth-order valence-corrected chi connectivity index (χ4v) is 3.55. The molecule has 0 unspecified atom stereocenters. The molecule has 1 aliphatic carbocycles. The molecule has 2 N–H and O–H groups in total. The van der Waals surface area contributed by atoms with Crippen LogP contribution in [0.25, 0.3) is 11.4 Å². The molecule has 0 spiro atoms. The molecule has 1 heterocycles. The maximum absolute atomic E-state index is 6.16. The van der Waals surface area contributed by atoms with Crippen molar-refractivity contribution in [2.24, 2.45) is 5.73 Å². The molecule has 0 saturated heterocycles. The van der Waals surface area contributed by atoms with Crippen molar-refractivity contribution in [3.8, 4) is 28.6 Å². The van der Waals surface area contributed by atoms with Gasteiger partial charge in [-0.3, -0.25) is 0 Å². The van der Waals surface area contributed by atoms with Crippen LogP contribution in [0.2, 0.25) is 0 Å². The van der Waals surface area contributed by atoms with Crippen LogP contribution in [0.3, 0.4) is 0 Å². The molecule has 0 amide bonds. The van der Waals surface area contributed by atoms with E-state index < -0.39 is 0 Å². The first-order valence-electron chi connectivity index (χ1n) is 8.27. The number of aromatic nitrogens is 2. The SMILES string of the molecule is COc1ccc(-c2nccn2[C@@H]2CCC[C@@H](N)C2)c(OC)c1OC. The molecule has 0 bridgehead atoms. The summed E-state index contributed by atoms with van der Waals surface area (Å²) >= 11 is 0. The number of nitrogens with two attached hydrogens (primary N) is 1. The van der Waals surface area contributed by atoms with E-state index >= 15 is 0 Å². The Bertz CT molecular complexity index is 699. The summed E-state index contributed by atoms with van der Waals surface area (Å²) in [7, 11) is 4.85. The van der Waals surface area contributed by atoms with Crippen LogP contribution in [-0.2, 0) is 0 Å². The molecule has 2 aromatic rings. The van der Waals surface area contributed by atoms with Gasteiger partial charge in [-0.05, 0) is 37.8 Å². The molecule has 1 aliphatic rings. The van der Waals surface area contributed by atoms with Crippen molar-refractivity contribution in [2.45, 2.75) is 37.8 Å². The molecule has 0 aliphatic heterocycles. The highest BCUT2D eigenvalue weighted by Gasteiger charge is 2.25. The van der Waals surface area contributed by atoms with Crippen molar-refractivity contribution < 1.29 is 14.2 Å². The standard InChI is InChI=1S/C18H25N3O3/c1-22-15-8-7-14(16(23-2)17(15)24-3)18-20-9-10-21(18)13-6-4-5-12(19)11-13/h7-10,12-13H,4-6,11,19H2,1-3H3/t12-,13-/m1/s1. The molecule has 24 heavy (non-hydrogen) atoms. The highest BCUT2D eigenvalue weighted by atomic mass is 16.5. The van der Waals surface area contributed by atoms with Gasteiger partial charge < -0.3 is 24.5 Å². The van der Waals surface area contributed by atoms with E-state index in [1.54, 1.807) is 21.3 Å². The second-order valence-electron chi connectivity index (χ2n) is 6.12. The minimum absolute atomic E-state index is 0.256. The van der Waals surface area contributed by atoms with Gasteiger partial charge in [-0.15, -0.1) is 0 Å². The predicted octanol–water partition coefficient (Wildman–Crippen LogP) is 3.02. The summed E-state index contributed by atoms with van der Waals surface area (Å²) < 4.78 is 18.7. The van der Waals surface area contributed by atoms with E-state index in [1.165, 1.54) is 0 Å². The summed E-state index contributed by atoms with van der Waals surface area (Å²) in [6.07, 6.45) is 8.18. The normalized spacial score (nSPS) is 20.7. The molecule has 6 heteroatoms. The third-order valence-corrected chi connectivity index (χ3v) is 4.69. The molecule has 1 aromatic heterocycles. The monoisotopic (exact) mass is 331 g/mol. The first-order valence-corrected chi connectivity index (χ1v) is 8.27. The summed E-state index contributed by atoms with van der Waals surface area (Å²) in [5.41, 5.74) is 7.05. The first kappa shape index (κ1) is 16.6. The van der Waals surface area contributed by atoms with Crippen molar-refractivity contribution in [1.29, 1.82) is 0 Å². The molecule has 3 rings (SSSR count). The van der Waals surface area contributed by atoms with Gasteiger partial charge in [-0.2, -0.15) is 0 Å².